The summed E-state index contributed by atoms with van der Waals surface area (Å²) in [6, 6.07) is 19.9. The predicted molar refractivity (Wildman–Crippen MR) is 113 cm³/mol. The molecule has 1 aliphatic heterocycles. The molecular formula is C24H20N2O4. The van der Waals surface area contributed by atoms with Crippen molar-refractivity contribution >= 4 is 23.2 Å². The molecule has 2 aliphatic rings. The van der Waals surface area contributed by atoms with Crippen molar-refractivity contribution in [3.05, 3.63) is 77.9 Å². The molecular weight excluding hydrogens is 380 g/mol. The summed E-state index contributed by atoms with van der Waals surface area (Å²) < 4.78 is 11.4. The normalized spacial score (nSPS) is 15.6. The van der Waals surface area contributed by atoms with Crippen LogP contribution >= 0.6 is 0 Å². The Morgan fingerprint density at radius 2 is 1.80 bits per heavy atom. The molecule has 0 aromatic heterocycles. The van der Waals surface area contributed by atoms with E-state index in [2.05, 4.69) is 10.6 Å². The third-order valence-electron chi connectivity index (χ3n) is 5.64. The van der Waals surface area contributed by atoms with Crippen molar-refractivity contribution in [1.29, 1.82) is 0 Å². The number of para-hydroxylation sites is 3. The van der Waals surface area contributed by atoms with Crippen LogP contribution in [-0.2, 0) is 10.2 Å². The molecule has 150 valence electrons. The second kappa shape index (κ2) is 6.91. The Morgan fingerprint density at radius 3 is 2.60 bits per heavy atom. The van der Waals surface area contributed by atoms with E-state index in [-0.39, 0.29) is 11.8 Å². The number of carbonyl (C=O) groups excluding carboxylic acids is 2. The molecule has 3 aromatic rings. The van der Waals surface area contributed by atoms with Gasteiger partial charge in [-0.05, 0) is 49.2 Å². The average Bonchev–Trinajstić information content (AvgIpc) is 3.58. The minimum atomic E-state index is -0.603. The van der Waals surface area contributed by atoms with E-state index in [4.69, 9.17) is 9.47 Å². The fourth-order valence-corrected chi connectivity index (χ4v) is 3.88. The number of carbonyl (C=O) groups is 2. The number of benzene rings is 3. The summed E-state index contributed by atoms with van der Waals surface area (Å²) in [5, 5.41) is 5.83. The zero-order valence-corrected chi connectivity index (χ0v) is 16.4. The predicted octanol–water partition coefficient (Wildman–Crippen LogP) is 4.72. The lowest BCUT2D eigenvalue weighted by Crippen LogP contribution is -2.28. The number of nitrogens with one attached hydrogen (secondary N) is 2. The molecule has 5 rings (SSSR count). The van der Waals surface area contributed by atoms with E-state index < -0.39 is 5.41 Å². The number of rotatable bonds is 4. The van der Waals surface area contributed by atoms with Gasteiger partial charge in [0.25, 0.3) is 5.91 Å². The minimum absolute atomic E-state index is 0.106. The average molecular weight is 400 g/mol. The lowest BCUT2D eigenvalue weighted by molar-refractivity contribution is -0.118. The van der Waals surface area contributed by atoms with E-state index in [0.29, 0.717) is 34.2 Å². The summed E-state index contributed by atoms with van der Waals surface area (Å²) in [6.07, 6.45) is 1.51. The van der Waals surface area contributed by atoms with Crippen LogP contribution in [0.2, 0.25) is 0 Å². The molecule has 1 aliphatic carbocycles. The molecule has 6 nitrogen and oxygen atoms in total. The Kier molecular flexibility index (Phi) is 4.20. The van der Waals surface area contributed by atoms with Crippen molar-refractivity contribution < 1.29 is 19.1 Å². The smallest absolute Gasteiger partial charge is 0.259 e. The van der Waals surface area contributed by atoms with Crippen LogP contribution in [0.4, 0.5) is 11.4 Å². The van der Waals surface area contributed by atoms with Crippen LogP contribution in [0, 0.1) is 0 Å². The molecule has 0 bridgehead atoms. The molecule has 2 N–H and O–H groups in total. The first-order chi connectivity index (χ1) is 14.6. The van der Waals surface area contributed by atoms with Gasteiger partial charge < -0.3 is 20.1 Å². The van der Waals surface area contributed by atoms with Crippen molar-refractivity contribution in [3.8, 4) is 17.2 Å². The third kappa shape index (κ3) is 2.97. The number of amides is 2. The molecule has 2 amide bonds. The number of fused-ring (bicyclic) bond motifs is 2. The molecule has 3 aromatic carbocycles. The first kappa shape index (κ1) is 18.2. The van der Waals surface area contributed by atoms with Gasteiger partial charge in [0.1, 0.15) is 11.5 Å². The second-order valence-corrected chi connectivity index (χ2v) is 7.50. The summed E-state index contributed by atoms with van der Waals surface area (Å²) in [5.74, 6) is 1.34. The largest absolute Gasteiger partial charge is 0.496 e. The van der Waals surface area contributed by atoms with Gasteiger partial charge in [0.2, 0.25) is 5.91 Å². The molecule has 6 heteroatoms. The van der Waals surface area contributed by atoms with Crippen LogP contribution in [0.5, 0.6) is 17.2 Å². The lowest BCUT2D eigenvalue weighted by atomic mass is 9.93. The van der Waals surface area contributed by atoms with E-state index in [1.165, 1.54) is 0 Å². The maximum atomic E-state index is 13.2. The fourth-order valence-electron chi connectivity index (χ4n) is 3.88. The Labute approximate surface area is 173 Å². The first-order valence-electron chi connectivity index (χ1n) is 9.78. The molecule has 0 spiro atoms. The van der Waals surface area contributed by atoms with Crippen molar-refractivity contribution in [2.75, 3.05) is 17.7 Å². The summed E-state index contributed by atoms with van der Waals surface area (Å²) in [6.45, 7) is 0. The number of hydrogen-bond acceptors (Lipinski definition) is 4. The van der Waals surface area contributed by atoms with Gasteiger partial charge in [-0.3, -0.25) is 9.59 Å². The van der Waals surface area contributed by atoms with Crippen LogP contribution < -0.4 is 20.1 Å². The van der Waals surface area contributed by atoms with Crippen LogP contribution in [0.25, 0.3) is 0 Å². The standard InChI is InChI=1S/C24H20N2O4/c1-29-20-8-4-2-6-17(20)24(12-13-24)23(28)25-15-10-11-19-16(14-15)22(27)26-18-7-3-5-9-21(18)30-19/h2-11,14H,12-13H2,1H3,(H,25,28)(H,26,27). The van der Waals surface area contributed by atoms with E-state index in [1.54, 1.807) is 37.4 Å². The molecule has 0 unspecified atom stereocenters. The van der Waals surface area contributed by atoms with E-state index in [0.717, 1.165) is 18.4 Å². The molecule has 1 saturated carbocycles. The monoisotopic (exact) mass is 400 g/mol. The second-order valence-electron chi connectivity index (χ2n) is 7.50. The topological polar surface area (TPSA) is 76.7 Å². The van der Waals surface area contributed by atoms with Crippen LogP contribution in [-0.4, -0.2) is 18.9 Å². The number of hydrogen-bond donors (Lipinski definition) is 2. The Balaban J connectivity index is 1.42. The quantitative estimate of drug-likeness (QED) is 0.664. The maximum Gasteiger partial charge on any atom is 0.259 e. The van der Waals surface area contributed by atoms with Crippen molar-refractivity contribution in [3.63, 3.8) is 0 Å². The van der Waals surface area contributed by atoms with Gasteiger partial charge in [-0.25, -0.2) is 0 Å². The maximum absolute atomic E-state index is 13.2. The van der Waals surface area contributed by atoms with Gasteiger partial charge in [0, 0.05) is 11.3 Å². The van der Waals surface area contributed by atoms with Gasteiger partial charge in [0.15, 0.2) is 5.75 Å². The lowest BCUT2D eigenvalue weighted by Gasteiger charge is -2.19. The van der Waals surface area contributed by atoms with Gasteiger partial charge in [0.05, 0.1) is 23.8 Å². The van der Waals surface area contributed by atoms with Crippen LogP contribution in [0.3, 0.4) is 0 Å². The van der Waals surface area contributed by atoms with Crippen LogP contribution in [0.15, 0.2) is 66.7 Å². The van der Waals surface area contributed by atoms with Gasteiger partial charge in [-0.1, -0.05) is 30.3 Å². The molecule has 0 radical (unpaired) electrons. The fraction of sp³-hybridized carbons (Fsp3) is 0.167. The highest BCUT2D eigenvalue weighted by Crippen LogP contribution is 2.52. The third-order valence-corrected chi connectivity index (χ3v) is 5.64. The van der Waals surface area contributed by atoms with Crippen molar-refractivity contribution in [1.82, 2.24) is 0 Å². The van der Waals surface area contributed by atoms with Crippen molar-refractivity contribution in [2.45, 2.75) is 18.3 Å². The van der Waals surface area contributed by atoms with E-state index in [1.807, 2.05) is 36.4 Å². The summed E-state index contributed by atoms with van der Waals surface area (Å²) >= 11 is 0. The molecule has 0 saturated heterocycles. The summed E-state index contributed by atoms with van der Waals surface area (Å²) in [7, 11) is 1.61. The molecule has 1 heterocycles. The summed E-state index contributed by atoms with van der Waals surface area (Å²) in [4.78, 5) is 25.9. The van der Waals surface area contributed by atoms with Gasteiger partial charge >= 0.3 is 0 Å². The zero-order chi connectivity index (χ0) is 20.7. The molecule has 30 heavy (non-hydrogen) atoms. The van der Waals surface area contributed by atoms with E-state index >= 15 is 0 Å². The minimum Gasteiger partial charge on any atom is -0.496 e. The first-order valence-corrected chi connectivity index (χ1v) is 9.78. The van der Waals surface area contributed by atoms with Crippen LogP contribution in [0.1, 0.15) is 28.8 Å². The van der Waals surface area contributed by atoms with Gasteiger partial charge in [-0.15, -0.1) is 0 Å². The molecule has 0 atom stereocenters. The highest BCUT2D eigenvalue weighted by atomic mass is 16.5. The summed E-state index contributed by atoms with van der Waals surface area (Å²) in [5.41, 5.74) is 1.80. The zero-order valence-electron chi connectivity index (χ0n) is 16.4. The number of anilines is 2. The van der Waals surface area contributed by atoms with Gasteiger partial charge in [-0.2, -0.15) is 0 Å². The highest BCUT2D eigenvalue weighted by molar-refractivity contribution is 6.09. The Morgan fingerprint density at radius 1 is 1.03 bits per heavy atom. The van der Waals surface area contributed by atoms with Crippen molar-refractivity contribution in [2.24, 2.45) is 0 Å². The molecule has 1 fully saturated rings. The Hall–Kier alpha value is -3.80. The number of methoxy groups -OCH3 is 1. The Bertz CT molecular complexity index is 1170. The highest BCUT2D eigenvalue weighted by Gasteiger charge is 2.52. The number of ether oxygens (including phenoxy) is 2. The van der Waals surface area contributed by atoms with E-state index in [9.17, 15) is 9.59 Å². The SMILES string of the molecule is COc1ccccc1C1(C(=O)Nc2ccc3c(c2)C(=O)Nc2ccccc2O3)CC1.